The molecular formula is C35H58O4. The summed E-state index contributed by atoms with van der Waals surface area (Å²) in [5.41, 5.74) is 2.82. The van der Waals surface area contributed by atoms with Crippen molar-refractivity contribution in [3.63, 3.8) is 0 Å². The Morgan fingerprint density at radius 1 is 0.974 bits per heavy atom. The van der Waals surface area contributed by atoms with Gasteiger partial charge in [-0.2, -0.15) is 0 Å². The number of esters is 2. The number of ether oxygens (including phenoxy) is 2. The normalized spacial score (nSPS) is 13.7. The van der Waals surface area contributed by atoms with E-state index < -0.39 is 5.97 Å². The van der Waals surface area contributed by atoms with E-state index in [1.807, 2.05) is 48.5 Å². The maximum absolute atomic E-state index is 10.2. The molecule has 1 aliphatic rings. The molecule has 2 unspecified atom stereocenters. The lowest BCUT2D eigenvalue weighted by molar-refractivity contribution is -0.151. The van der Waals surface area contributed by atoms with E-state index in [9.17, 15) is 9.59 Å². The molecule has 0 radical (unpaired) electrons. The molecule has 0 N–H and O–H groups in total. The highest BCUT2D eigenvalue weighted by Gasteiger charge is 2.36. The van der Waals surface area contributed by atoms with Crippen LogP contribution in [0.25, 0.3) is 0 Å². The minimum absolute atomic E-state index is 0.156. The van der Waals surface area contributed by atoms with Gasteiger partial charge in [0.2, 0.25) is 0 Å². The Morgan fingerprint density at radius 2 is 1.54 bits per heavy atom. The lowest BCUT2D eigenvalue weighted by atomic mass is 9.63. The lowest BCUT2D eigenvalue weighted by Crippen LogP contribution is -2.34. The molecule has 0 amide bonds. The highest BCUT2D eigenvalue weighted by Crippen LogP contribution is 2.44. The third-order valence-corrected chi connectivity index (χ3v) is 5.76. The van der Waals surface area contributed by atoms with E-state index in [1.54, 1.807) is 12.8 Å². The number of carbonyl (C=O) groups is 2. The number of benzene rings is 1. The predicted molar refractivity (Wildman–Crippen MR) is 169 cm³/mol. The molecule has 0 spiro atoms. The second kappa shape index (κ2) is 24.3. The van der Waals surface area contributed by atoms with Crippen LogP contribution in [0.3, 0.4) is 0 Å². The summed E-state index contributed by atoms with van der Waals surface area (Å²) in [6.07, 6.45) is 18.0. The summed E-state index contributed by atoms with van der Waals surface area (Å²) in [6.45, 7) is 24.1. The minimum atomic E-state index is -0.595. The average molecular weight is 543 g/mol. The average Bonchev–Trinajstić information content (AvgIpc) is 2.94. The first-order valence-electron chi connectivity index (χ1n) is 14.7. The number of carbonyl (C=O) groups excluding carboxylic acids is 2. The summed E-state index contributed by atoms with van der Waals surface area (Å²) in [7, 11) is 0. The molecule has 0 bridgehead atoms. The quantitative estimate of drug-likeness (QED) is 0.195. The Hall–Kier alpha value is -2.80. The van der Waals surface area contributed by atoms with Crippen LogP contribution in [0.5, 0.6) is 0 Å². The molecule has 1 aromatic rings. The van der Waals surface area contributed by atoms with Crippen LogP contribution in [0.15, 0.2) is 54.1 Å². The summed E-state index contributed by atoms with van der Waals surface area (Å²) in [6, 6.07) is 11.1. The molecule has 1 aliphatic carbocycles. The largest absolute Gasteiger partial charge is 0.460 e. The smallest absolute Gasteiger partial charge is 0.384 e. The Morgan fingerprint density at radius 3 is 1.85 bits per heavy atom. The van der Waals surface area contributed by atoms with Crippen LogP contribution in [-0.2, 0) is 24.5 Å². The fourth-order valence-electron chi connectivity index (χ4n) is 4.27. The molecule has 4 nitrogen and oxygen atoms in total. The van der Waals surface area contributed by atoms with E-state index in [0.717, 1.165) is 0 Å². The van der Waals surface area contributed by atoms with Gasteiger partial charge in [0.05, 0.1) is 6.61 Å². The van der Waals surface area contributed by atoms with Gasteiger partial charge in [0.25, 0.3) is 0 Å². The van der Waals surface area contributed by atoms with E-state index in [4.69, 9.17) is 4.74 Å². The van der Waals surface area contributed by atoms with Crippen LogP contribution < -0.4 is 0 Å². The molecule has 0 saturated carbocycles. The van der Waals surface area contributed by atoms with Gasteiger partial charge in [0, 0.05) is 18.3 Å². The third-order valence-electron chi connectivity index (χ3n) is 5.76. The van der Waals surface area contributed by atoms with Gasteiger partial charge in [-0.15, -0.1) is 6.42 Å². The van der Waals surface area contributed by atoms with Gasteiger partial charge in [-0.1, -0.05) is 110 Å². The highest BCUT2D eigenvalue weighted by atomic mass is 16.6. The zero-order valence-electron chi connectivity index (χ0n) is 27.1. The van der Waals surface area contributed by atoms with Crippen molar-refractivity contribution in [3.8, 4) is 12.3 Å². The standard InChI is InChI=1S/C20H28.C6H12O2.C5H6O2.2C2H6/c1-4-12-17(5-2)20(3,18-13-8-6-9-14-18)19-15-10-7-11-16-19;1-5(7)8-6(2,3)4;1-3-5(6)7-4-2;2*1-2/h6,8-10,13-17H,4-5,7,11-12H2,1-3H3;1-4H3;1H,4H2,2H3;2*1-2H3. The number of terminal acetylenes is 1. The van der Waals surface area contributed by atoms with E-state index in [0.29, 0.717) is 12.5 Å². The van der Waals surface area contributed by atoms with Gasteiger partial charge in [0.15, 0.2) is 0 Å². The van der Waals surface area contributed by atoms with Crippen molar-refractivity contribution >= 4 is 11.9 Å². The monoisotopic (exact) mass is 542 g/mol. The zero-order chi connectivity index (χ0) is 30.9. The molecule has 0 saturated heterocycles. The van der Waals surface area contributed by atoms with Crippen molar-refractivity contribution in [2.45, 2.75) is 126 Å². The molecule has 0 fully saturated rings. The van der Waals surface area contributed by atoms with E-state index >= 15 is 0 Å². The Balaban J connectivity index is -0.000000566. The summed E-state index contributed by atoms with van der Waals surface area (Å²) in [5, 5.41) is 0. The molecular weight excluding hydrogens is 484 g/mol. The molecule has 0 aromatic heterocycles. The summed E-state index contributed by atoms with van der Waals surface area (Å²) in [4.78, 5) is 20.2. The van der Waals surface area contributed by atoms with Gasteiger partial charge in [-0.25, -0.2) is 4.79 Å². The molecule has 2 rings (SSSR count). The first-order valence-corrected chi connectivity index (χ1v) is 14.7. The lowest BCUT2D eigenvalue weighted by Gasteiger charge is -2.40. The summed E-state index contributed by atoms with van der Waals surface area (Å²) in [5.74, 6) is 1.70. The molecule has 2 atom stereocenters. The molecule has 1 aromatic carbocycles. The van der Waals surface area contributed by atoms with Crippen LogP contribution in [0, 0.1) is 18.3 Å². The number of rotatable bonds is 7. The predicted octanol–water partition coefficient (Wildman–Crippen LogP) is 9.63. The SMILES string of the molecule is C#CC(=O)OCC.CC.CC.CC(=O)OC(C)(C)C.CCCC(CC)C(C)(C1=CCCC=C1)c1ccccc1. The van der Waals surface area contributed by atoms with Crippen molar-refractivity contribution in [2.24, 2.45) is 5.92 Å². The maximum Gasteiger partial charge on any atom is 0.384 e. The van der Waals surface area contributed by atoms with Crippen LogP contribution >= 0.6 is 0 Å². The van der Waals surface area contributed by atoms with E-state index in [2.05, 4.69) is 80.5 Å². The van der Waals surface area contributed by atoms with Crippen LogP contribution in [0.1, 0.15) is 121 Å². The fourth-order valence-corrected chi connectivity index (χ4v) is 4.27. The summed E-state index contributed by atoms with van der Waals surface area (Å²) >= 11 is 0. The van der Waals surface area contributed by atoms with Crippen LogP contribution in [-0.4, -0.2) is 24.1 Å². The van der Waals surface area contributed by atoms with Gasteiger partial charge >= 0.3 is 11.9 Å². The molecule has 39 heavy (non-hydrogen) atoms. The highest BCUT2D eigenvalue weighted by molar-refractivity contribution is 5.87. The number of hydrogen-bond donors (Lipinski definition) is 0. The van der Waals surface area contributed by atoms with Crippen molar-refractivity contribution in [2.75, 3.05) is 6.61 Å². The second-order valence-corrected chi connectivity index (χ2v) is 9.67. The summed E-state index contributed by atoms with van der Waals surface area (Å²) < 4.78 is 9.11. The van der Waals surface area contributed by atoms with Crippen LogP contribution in [0.4, 0.5) is 0 Å². The number of allylic oxidation sites excluding steroid dienone is 4. The van der Waals surface area contributed by atoms with Gasteiger partial charge in [-0.05, 0) is 64.0 Å². The van der Waals surface area contributed by atoms with E-state index in [-0.39, 0.29) is 17.0 Å². The first kappa shape index (κ1) is 40.7. The zero-order valence-corrected chi connectivity index (χ0v) is 27.1. The van der Waals surface area contributed by atoms with Crippen molar-refractivity contribution in [3.05, 3.63) is 59.7 Å². The van der Waals surface area contributed by atoms with Crippen LogP contribution in [0.2, 0.25) is 0 Å². The van der Waals surface area contributed by atoms with Crippen molar-refractivity contribution in [1.29, 1.82) is 0 Å². The Labute approximate surface area is 241 Å². The van der Waals surface area contributed by atoms with Crippen molar-refractivity contribution in [1.82, 2.24) is 0 Å². The Kier molecular flexibility index (Phi) is 25.3. The Bertz CT molecular complexity index is 853. The van der Waals surface area contributed by atoms with Crippen molar-refractivity contribution < 1.29 is 19.1 Å². The van der Waals surface area contributed by atoms with Gasteiger partial charge in [-0.3, -0.25) is 4.79 Å². The molecule has 0 heterocycles. The molecule has 0 aliphatic heterocycles. The second-order valence-electron chi connectivity index (χ2n) is 9.67. The first-order chi connectivity index (χ1) is 18.5. The van der Waals surface area contributed by atoms with E-state index in [1.165, 1.54) is 50.2 Å². The van der Waals surface area contributed by atoms with Gasteiger partial charge in [0.1, 0.15) is 5.60 Å². The molecule has 4 heteroatoms. The third kappa shape index (κ3) is 18.2. The molecule has 222 valence electrons. The minimum Gasteiger partial charge on any atom is -0.460 e. The van der Waals surface area contributed by atoms with Gasteiger partial charge < -0.3 is 9.47 Å². The number of hydrogen-bond acceptors (Lipinski definition) is 4. The maximum atomic E-state index is 10.2. The fraction of sp³-hybridized carbons (Fsp3) is 0.600. The topological polar surface area (TPSA) is 52.6 Å².